The van der Waals surface area contributed by atoms with Gasteiger partial charge in [-0.05, 0) is 45.6 Å². The average molecular weight is 295 g/mol. The highest BCUT2D eigenvalue weighted by atomic mass is 16.6. The molecule has 0 saturated carbocycles. The second-order valence-corrected chi connectivity index (χ2v) is 4.92. The lowest BCUT2D eigenvalue weighted by Gasteiger charge is -2.11. The Labute approximate surface area is 124 Å². The van der Waals surface area contributed by atoms with Gasteiger partial charge in [0.1, 0.15) is 5.69 Å². The second kappa shape index (κ2) is 8.21. The zero-order chi connectivity index (χ0) is 15.8. The number of carbonyl (C=O) groups is 1. The molecule has 0 bridgehead atoms. The van der Waals surface area contributed by atoms with Crippen molar-refractivity contribution in [3.05, 3.63) is 33.9 Å². The number of carbonyl (C=O) groups excluding carboxylic acids is 1. The molecule has 21 heavy (non-hydrogen) atoms. The maximum absolute atomic E-state index is 11.5. The van der Waals surface area contributed by atoms with Crippen LogP contribution in [0.3, 0.4) is 0 Å². The van der Waals surface area contributed by atoms with Gasteiger partial charge in [-0.15, -0.1) is 0 Å². The van der Waals surface area contributed by atoms with Crippen molar-refractivity contribution in [3.8, 4) is 0 Å². The van der Waals surface area contributed by atoms with Crippen LogP contribution in [0.5, 0.6) is 0 Å². The highest BCUT2D eigenvalue weighted by molar-refractivity contribution is 5.91. The number of ether oxygens (including phenoxy) is 1. The monoisotopic (exact) mass is 295 g/mol. The summed E-state index contributed by atoms with van der Waals surface area (Å²) >= 11 is 0. The summed E-state index contributed by atoms with van der Waals surface area (Å²) in [7, 11) is 5.27. The molecular weight excluding hydrogens is 274 g/mol. The Morgan fingerprint density at radius 2 is 2.10 bits per heavy atom. The summed E-state index contributed by atoms with van der Waals surface area (Å²) in [6.45, 7) is 1.57. The molecule has 0 fully saturated rings. The number of rotatable bonds is 8. The van der Waals surface area contributed by atoms with Crippen LogP contribution in [-0.2, 0) is 4.74 Å². The second-order valence-electron chi connectivity index (χ2n) is 4.92. The predicted octanol–water partition coefficient (Wildman–Crippen LogP) is 2.14. The quantitative estimate of drug-likeness (QED) is 0.342. The van der Waals surface area contributed by atoms with E-state index >= 15 is 0 Å². The largest absolute Gasteiger partial charge is 0.465 e. The van der Waals surface area contributed by atoms with E-state index < -0.39 is 10.9 Å². The Kier molecular flexibility index (Phi) is 6.61. The molecular formula is C14H21N3O4. The third-order valence-corrected chi connectivity index (χ3v) is 2.96. The highest BCUT2D eigenvalue weighted by Crippen LogP contribution is 2.25. The summed E-state index contributed by atoms with van der Waals surface area (Å²) in [6.07, 6.45) is 1.88. The van der Waals surface area contributed by atoms with Crippen LogP contribution >= 0.6 is 0 Å². The van der Waals surface area contributed by atoms with Crippen LogP contribution in [-0.4, -0.2) is 50.1 Å². The average Bonchev–Trinajstić information content (AvgIpc) is 2.45. The van der Waals surface area contributed by atoms with Crippen LogP contribution in [0.25, 0.3) is 0 Å². The van der Waals surface area contributed by atoms with Gasteiger partial charge in [0.05, 0.1) is 17.6 Å². The molecule has 1 aromatic rings. The molecule has 0 radical (unpaired) electrons. The summed E-state index contributed by atoms with van der Waals surface area (Å²) < 4.78 is 4.62. The molecule has 0 aliphatic rings. The van der Waals surface area contributed by atoms with Gasteiger partial charge < -0.3 is 15.0 Å². The normalized spacial score (nSPS) is 10.5. The number of nitrogens with zero attached hydrogens (tertiary/aromatic N) is 2. The fourth-order valence-electron chi connectivity index (χ4n) is 1.86. The standard InChI is InChI=1S/C14H21N3O4/c1-16(2)9-5-4-8-15-12-10-11(14(18)21-3)6-7-13(12)17(19)20/h6-7,10,15H,4-5,8-9H2,1-3H3. The number of esters is 1. The van der Waals surface area contributed by atoms with Gasteiger partial charge in [0.25, 0.3) is 5.69 Å². The van der Waals surface area contributed by atoms with Crippen molar-refractivity contribution >= 4 is 17.3 Å². The van der Waals surface area contributed by atoms with Crippen molar-refractivity contribution in [2.24, 2.45) is 0 Å². The third-order valence-electron chi connectivity index (χ3n) is 2.96. The molecule has 0 spiro atoms. The van der Waals surface area contributed by atoms with E-state index in [9.17, 15) is 14.9 Å². The summed E-state index contributed by atoms with van der Waals surface area (Å²) in [5, 5.41) is 14.0. The Morgan fingerprint density at radius 3 is 2.67 bits per heavy atom. The number of anilines is 1. The van der Waals surface area contributed by atoms with Gasteiger partial charge in [0.15, 0.2) is 0 Å². The lowest BCUT2D eigenvalue weighted by molar-refractivity contribution is -0.384. The first kappa shape index (κ1) is 16.9. The number of unbranched alkanes of at least 4 members (excludes halogenated alkanes) is 1. The first-order valence-corrected chi connectivity index (χ1v) is 6.71. The summed E-state index contributed by atoms with van der Waals surface area (Å²) in [5.41, 5.74) is 0.585. The van der Waals surface area contributed by atoms with Crippen LogP contribution in [0.15, 0.2) is 18.2 Å². The Balaban J connectivity index is 2.72. The number of hydrogen-bond acceptors (Lipinski definition) is 6. The van der Waals surface area contributed by atoms with Crippen molar-refractivity contribution in [3.63, 3.8) is 0 Å². The van der Waals surface area contributed by atoms with Gasteiger partial charge in [-0.3, -0.25) is 10.1 Å². The predicted molar refractivity (Wildman–Crippen MR) is 80.7 cm³/mol. The number of hydrogen-bond donors (Lipinski definition) is 1. The molecule has 0 amide bonds. The van der Waals surface area contributed by atoms with Gasteiger partial charge in [-0.25, -0.2) is 4.79 Å². The van der Waals surface area contributed by atoms with Gasteiger partial charge >= 0.3 is 5.97 Å². The highest BCUT2D eigenvalue weighted by Gasteiger charge is 2.16. The van der Waals surface area contributed by atoms with Crippen molar-refractivity contribution in [2.75, 3.05) is 39.6 Å². The molecule has 116 valence electrons. The van der Waals surface area contributed by atoms with Gasteiger partial charge in [0.2, 0.25) is 0 Å². The molecule has 7 nitrogen and oxygen atoms in total. The van der Waals surface area contributed by atoms with Gasteiger partial charge in [0, 0.05) is 12.6 Å². The fraction of sp³-hybridized carbons (Fsp3) is 0.500. The number of nitrogens with one attached hydrogen (secondary N) is 1. The fourth-order valence-corrected chi connectivity index (χ4v) is 1.86. The van der Waals surface area contributed by atoms with E-state index in [1.165, 1.54) is 25.3 Å². The summed E-state index contributed by atoms with van der Waals surface area (Å²) in [4.78, 5) is 24.1. The number of nitro groups is 1. The van der Waals surface area contributed by atoms with Crippen molar-refractivity contribution < 1.29 is 14.5 Å². The van der Waals surface area contributed by atoms with Crippen molar-refractivity contribution in [1.82, 2.24) is 4.90 Å². The minimum atomic E-state index is -0.513. The molecule has 0 saturated heterocycles. The maximum Gasteiger partial charge on any atom is 0.337 e. The van der Waals surface area contributed by atoms with Gasteiger partial charge in [-0.1, -0.05) is 0 Å². The molecule has 1 rings (SSSR count). The Bertz CT molecular complexity index is 503. The first-order chi connectivity index (χ1) is 9.95. The van der Waals surface area contributed by atoms with E-state index in [1.54, 1.807) is 0 Å². The number of nitro benzene ring substituents is 1. The van der Waals surface area contributed by atoms with Crippen LogP contribution in [0, 0.1) is 10.1 Å². The molecule has 7 heteroatoms. The van der Waals surface area contributed by atoms with Crippen LogP contribution in [0.2, 0.25) is 0 Å². The van der Waals surface area contributed by atoms with Crippen LogP contribution in [0.4, 0.5) is 11.4 Å². The molecule has 0 atom stereocenters. The molecule has 0 aromatic heterocycles. The molecule has 1 N–H and O–H groups in total. The summed E-state index contributed by atoms with van der Waals surface area (Å²) in [5.74, 6) is -0.513. The van der Waals surface area contributed by atoms with Crippen LogP contribution < -0.4 is 5.32 Å². The van der Waals surface area contributed by atoms with E-state index in [2.05, 4.69) is 15.0 Å². The molecule has 0 aliphatic heterocycles. The molecule has 0 unspecified atom stereocenters. The lowest BCUT2D eigenvalue weighted by Crippen LogP contribution is -2.14. The van der Waals surface area contributed by atoms with Crippen molar-refractivity contribution in [2.45, 2.75) is 12.8 Å². The first-order valence-electron chi connectivity index (χ1n) is 6.71. The van der Waals surface area contributed by atoms with E-state index in [0.29, 0.717) is 17.8 Å². The van der Waals surface area contributed by atoms with E-state index in [-0.39, 0.29) is 5.69 Å². The zero-order valence-electron chi connectivity index (χ0n) is 12.6. The van der Waals surface area contributed by atoms with E-state index in [0.717, 1.165) is 19.4 Å². The topological polar surface area (TPSA) is 84.7 Å². The van der Waals surface area contributed by atoms with E-state index in [4.69, 9.17) is 0 Å². The molecule has 0 aliphatic carbocycles. The number of methoxy groups -OCH3 is 1. The smallest absolute Gasteiger partial charge is 0.337 e. The molecule has 1 aromatic carbocycles. The summed E-state index contributed by atoms with van der Waals surface area (Å²) in [6, 6.07) is 4.16. The lowest BCUT2D eigenvalue weighted by atomic mass is 10.1. The Morgan fingerprint density at radius 1 is 1.38 bits per heavy atom. The zero-order valence-corrected chi connectivity index (χ0v) is 12.6. The molecule has 0 heterocycles. The van der Waals surface area contributed by atoms with E-state index in [1.807, 2.05) is 14.1 Å². The Hall–Kier alpha value is -2.15. The van der Waals surface area contributed by atoms with Crippen molar-refractivity contribution in [1.29, 1.82) is 0 Å². The maximum atomic E-state index is 11.5. The third kappa shape index (κ3) is 5.39. The SMILES string of the molecule is COC(=O)c1ccc([N+](=O)[O-])c(NCCCCN(C)C)c1. The van der Waals surface area contributed by atoms with Crippen LogP contribution in [0.1, 0.15) is 23.2 Å². The minimum absolute atomic E-state index is 0.0461. The number of benzene rings is 1. The minimum Gasteiger partial charge on any atom is -0.465 e. The van der Waals surface area contributed by atoms with Gasteiger partial charge in [-0.2, -0.15) is 0 Å².